The van der Waals surface area contributed by atoms with E-state index in [1.165, 1.54) is 30.2 Å². The molecule has 0 spiro atoms. The summed E-state index contributed by atoms with van der Waals surface area (Å²) >= 11 is 0. The van der Waals surface area contributed by atoms with Crippen molar-refractivity contribution in [2.75, 3.05) is 18.0 Å². The molecule has 3 nitrogen and oxygen atoms in total. The zero-order valence-electron chi connectivity index (χ0n) is 11.4. The van der Waals surface area contributed by atoms with E-state index >= 15 is 0 Å². The fraction of sp³-hybridized carbons (Fsp3) is 0.438. The summed E-state index contributed by atoms with van der Waals surface area (Å²) in [5.74, 6) is 0.0702. The summed E-state index contributed by atoms with van der Waals surface area (Å²) in [7, 11) is 0. The molecule has 2 fully saturated rings. The molecule has 2 aliphatic rings. The van der Waals surface area contributed by atoms with Gasteiger partial charge < -0.3 is 9.80 Å². The number of likely N-dealkylation sites (tertiary alicyclic amines) is 1. The molecule has 2 heterocycles. The van der Waals surface area contributed by atoms with Gasteiger partial charge in [0.25, 0.3) is 0 Å². The number of amides is 1. The van der Waals surface area contributed by atoms with Crippen LogP contribution in [0.1, 0.15) is 18.4 Å². The van der Waals surface area contributed by atoms with E-state index in [1.54, 1.807) is 0 Å². The van der Waals surface area contributed by atoms with Gasteiger partial charge in [-0.3, -0.25) is 4.79 Å². The number of rotatable bonds is 2. The summed E-state index contributed by atoms with van der Waals surface area (Å²) < 4.78 is 0. The van der Waals surface area contributed by atoms with Crippen molar-refractivity contribution in [2.45, 2.75) is 31.8 Å². The average Bonchev–Trinajstić information content (AvgIpc) is 2.68. The minimum absolute atomic E-state index is 0.0702. The number of piperazine rings is 1. The summed E-state index contributed by atoms with van der Waals surface area (Å²) in [6.07, 6.45) is 3.79. The first-order chi connectivity index (χ1) is 9.19. The van der Waals surface area contributed by atoms with Crippen molar-refractivity contribution in [1.29, 1.82) is 0 Å². The van der Waals surface area contributed by atoms with Gasteiger partial charge in [0.05, 0.1) is 0 Å². The lowest BCUT2D eigenvalue weighted by Gasteiger charge is -2.42. The molecule has 0 radical (unpaired) electrons. The van der Waals surface area contributed by atoms with Gasteiger partial charge in [-0.1, -0.05) is 18.7 Å². The first kappa shape index (κ1) is 12.3. The molecule has 2 saturated heterocycles. The Balaban J connectivity index is 1.84. The smallest absolute Gasteiger partial charge is 0.246 e. The van der Waals surface area contributed by atoms with E-state index in [0.717, 1.165) is 13.1 Å². The van der Waals surface area contributed by atoms with E-state index in [-0.39, 0.29) is 5.91 Å². The van der Waals surface area contributed by atoms with Crippen LogP contribution in [0.5, 0.6) is 0 Å². The number of carbonyl (C=O) groups excluding carboxylic acids is 1. The molecule has 1 aromatic carbocycles. The zero-order valence-corrected chi connectivity index (χ0v) is 11.4. The van der Waals surface area contributed by atoms with E-state index in [9.17, 15) is 4.79 Å². The molecule has 2 bridgehead atoms. The van der Waals surface area contributed by atoms with Crippen molar-refractivity contribution in [3.8, 4) is 0 Å². The van der Waals surface area contributed by atoms with Crippen LogP contribution in [0.4, 0.5) is 5.69 Å². The quantitative estimate of drug-likeness (QED) is 0.758. The van der Waals surface area contributed by atoms with E-state index in [1.807, 2.05) is 4.90 Å². The fourth-order valence-corrected chi connectivity index (χ4v) is 3.42. The SMILES string of the molecule is C=CC(=O)N1CC2CCC(C1)N2c1cccc(C)c1. The van der Waals surface area contributed by atoms with E-state index < -0.39 is 0 Å². The van der Waals surface area contributed by atoms with Crippen LogP contribution >= 0.6 is 0 Å². The van der Waals surface area contributed by atoms with Crippen LogP contribution in [-0.2, 0) is 4.79 Å². The lowest BCUT2D eigenvalue weighted by atomic mass is 10.1. The van der Waals surface area contributed by atoms with Crippen molar-refractivity contribution >= 4 is 11.6 Å². The Morgan fingerprint density at radius 2 is 2.00 bits per heavy atom. The van der Waals surface area contributed by atoms with Crippen LogP contribution in [0.15, 0.2) is 36.9 Å². The maximum Gasteiger partial charge on any atom is 0.246 e. The normalized spacial score (nSPS) is 25.5. The molecule has 0 saturated carbocycles. The monoisotopic (exact) mass is 256 g/mol. The molecule has 0 aliphatic carbocycles. The van der Waals surface area contributed by atoms with Gasteiger partial charge in [0.1, 0.15) is 0 Å². The number of anilines is 1. The third-order valence-electron chi connectivity index (χ3n) is 4.27. The third-order valence-corrected chi connectivity index (χ3v) is 4.27. The lowest BCUT2D eigenvalue weighted by Crippen LogP contribution is -2.55. The summed E-state index contributed by atoms with van der Waals surface area (Å²) in [5, 5.41) is 0. The maximum atomic E-state index is 11.8. The van der Waals surface area contributed by atoms with Crippen LogP contribution in [0.25, 0.3) is 0 Å². The predicted octanol–water partition coefficient (Wildman–Crippen LogP) is 2.36. The topological polar surface area (TPSA) is 23.6 Å². The maximum absolute atomic E-state index is 11.8. The number of hydrogen-bond donors (Lipinski definition) is 0. The summed E-state index contributed by atoms with van der Waals surface area (Å²) in [4.78, 5) is 16.2. The van der Waals surface area contributed by atoms with E-state index in [0.29, 0.717) is 12.1 Å². The molecule has 0 N–H and O–H groups in total. The van der Waals surface area contributed by atoms with Gasteiger partial charge in [-0.05, 0) is 43.5 Å². The highest BCUT2D eigenvalue weighted by Crippen LogP contribution is 2.35. The third kappa shape index (κ3) is 2.14. The van der Waals surface area contributed by atoms with Gasteiger partial charge in [0.2, 0.25) is 5.91 Å². The van der Waals surface area contributed by atoms with Crippen LogP contribution in [0.3, 0.4) is 0 Å². The van der Waals surface area contributed by atoms with Crippen LogP contribution in [0, 0.1) is 6.92 Å². The van der Waals surface area contributed by atoms with Gasteiger partial charge in [-0.25, -0.2) is 0 Å². The average molecular weight is 256 g/mol. The van der Waals surface area contributed by atoms with Gasteiger partial charge in [-0.2, -0.15) is 0 Å². The van der Waals surface area contributed by atoms with Crippen LogP contribution in [0.2, 0.25) is 0 Å². The molecular formula is C16H20N2O. The van der Waals surface area contributed by atoms with Gasteiger partial charge in [0, 0.05) is 30.9 Å². The van der Waals surface area contributed by atoms with Gasteiger partial charge >= 0.3 is 0 Å². The highest BCUT2D eigenvalue weighted by molar-refractivity contribution is 5.87. The van der Waals surface area contributed by atoms with Gasteiger partial charge in [-0.15, -0.1) is 0 Å². The Labute approximate surface area is 114 Å². The van der Waals surface area contributed by atoms with Crippen LogP contribution < -0.4 is 4.90 Å². The Bertz CT molecular complexity index is 497. The number of aryl methyl sites for hydroxylation is 1. The fourth-order valence-electron chi connectivity index (χ4n) is 3.42. The summed E-state index contributed by atoms with van der Waals surface area (Å²) in [5.41, 5.74) is 2.60. The van der Waals surface area contributed by atoms with Crippen molar-refractivity contribution < 1.29 is 4.79 Å². The zero-order chi connectivity index (χ0) is 13.4. The number of fused-ring (bicyclic) bond motifs is 2. The molecule has 3 heteroatoms. The highest BCUT2D eigenvalue weighted by atomic mass is 16.2. The minimum atomic E-state index is 0.0702. The van der Waals surface area contributed by atoms with Crippen molar-refractivity contribution in [3.63, 3.8) is 0 Å². The molecular weight excluding hydrogens is 236 g/mol. The molecule has 1 amide bonds. The molecule has 19 heavy (non-hydrogen) atoms. The number of hydrogen-bond acceptors (Lipinski definition) is 2. The van der Waals surface area contributed by atoms with E-state index in [2.05, 4.69) is 42.7 Å². The first-order valence-electron chi connectivity index (χ1n) is 6.95. The second-order valence-electron chi connectivity index (χ2n) is 5.58. The van der Waals surface area contributed by atoms with Gasteiger partial charge in [0.15, 0.2) is 0 Å². The van der Waals surface area contributed by atoms with Crippen molar-refractivity contribution in [1.82, 2.24) is 4.90 Å². The Morgan fingerprint density at radius 1 is 1.32 bits per heavy atom. The minimum Gasteiger partial charge on any atom is -0.362 e. The second-order valence-corrected chi connectivity index (χ2v) is 5.58. The number of benzene rings is 1. The largest absolute Gasteiger partial charge is 0.362 e. The Morgan fingerprint density at radius 3 is 2.58 bits per heavy atom. The Kier molecular flexibility index (Phi) is 3.05. The molecule has 1 aromatic rings. The first-order valence-corrected chi connectivity index (χ1v) is 6.95. The second kappa shape index (κ2) is 4.72. The van der Waals surface area contributed by atoms with Crippen molar-refractivity contribution in [3.05, 3.63) is 42.5 Å². The molecule has 2 unspecified atom stereocenters. The Hall–Kier alpha value is -1.77. The predicted molar refractivity (Wildman–Crippen MR) is 77.2 cm³/mol. The highest BCUT2D eigenvalue weighted by Gasteiger charge is 2.40. The number of nitrogens with zero attached hydrogens (tertiary/aromatic N) is 2. The lowest BCUT2D eigenvalue weighted by molar-refractivity contribution is -0.126. The van der Waals surface area contributed by atoms with Crippen LogP contribution in [-0.4, -0.2) is 36.0 Å². The summed E-state index contributed by atoms with van der Waals surface area (Å²) in [6, 6.07) is 9.60. The molecule has 2 atom stereocenters. The standard InChI is InChI=1S/C16H20N2O/c1-3-16(19)17-10-14-7-8-15(11-17)18(14)13-6-4-5-12(2)9-13/h3-6,9,14-15H,1,7-8,10-11H2,2H3. The summed E-state index contributed by atoms with van der Waals surface area (Å²) in [6.45, 7) is 7.38. The molecule has 2 aliphatic heterocycles. The molecule has 3 rings (SSSR count). The molecule has 100 valence electrons. The molecule has 0 aromatic heterocycles. The number of carbonyl (C=O) groups is 1. The van der Waals surface area contributed by atoms with E-state index in [4.69, 9.17) is 0 Å². The van der Waals surface area contributed by atoms with Crippen molar-refractivity contribution in [2.24, 2.45) is 0 Å².